The molecule has 55 valence electrons. The van der Waals surface area contributed by atoms with Gasteiger partial charge in [0.25, 0.3) is 0 Å². The van der Waals surface area contributed by atoms with Crippen LogP contribution in [0.15, 0.2) is 18.2 Å². The maximum Gasteiger partial charge on any atom is -0.0230 e. The fourth-order valence-electron chi connectivity index (χ4n) is 1.16. The van der Waals surface area contributed by atoms with Crippen molar-refractivity contribution in [1.82, 2.24) is 0 Å². The summed E-state index contributed by atoms with van der Waals surface area (Å²) in [5, 5.41) is 0. The molecule has 0 saturated carbocycles. The van der Waals surface area contributed by atoms with E-state index >= 15 is 0 Å². The summed E-state index contributed by atoms with van der Waals surface area (Å²) in [6.45, 7) is 0. The zero-order valence-corrected chi connectivity index (χ0v) is 6.47. The molecule has 0 bridgehead atoms. The maximum absolute atomic E-state index is 3.15. The van der Waals surface area contributed by atoms with Gasteiger partial charge in [-0.2, -0.15) is 0 Å². The Kier molecular flexibility index (Phi) is 4.00. The fraction of sp³-hybridized carbons (Fsp3) is 0.600. The third-order valence-corrected chi connectivity index (χ3v) is 1.80. The quantitative estimate of drug-likeness (QED) is 0.478. The van der Waals surface area contributed by atoms with Gasteiger partial charge < -0.3 is 0 Å². The number of rotatable bonds is 0. The van der Waals surface area contributed by atoms with Gasteiger partial charge in [0.2, 0.25) is 0 Å². The van der Waals surface area contributed by atoms with E-state index in [1.807, 2.05) is 6.08 Å². The van der Waals surface area contributed by atoms with Crippen LogP contribution in [-0.4, -0.2) is 0 Å². The molecule has 0 atom stereocenters. The summed E-state index contributed by atoms with van der Waals surface area (Å²) in [5.41, 5.74) is 0. The van der Waals surface area contributed by atoms with E-state index in [0.717, 1.165) is 0 Å². The van der Waals surface area contributed by atoms with Crippen LogP contribution in [0.5, 0.6) is 0 Å². The van der Waals surface area contributed by atoms with Crippen molar-refractivity contribution in [2.24, 2.45) is 0 Å². The minimum atomic E-state index is 1.21. The van der Waals surface area contributed by atoms with Gasteiger partial charge in [0.1, 0.15) is 0 Å². The molecule has 0 N–H and O–H groups in total. The van der Waals surface area contributed by atoms with Crippen LogP contribution in [0, 0.1) is 6.08 Å². The lowest BCUT2D eigenvalue weighted by Gasteiger charge is -1.97. The molecule has 0 heterocycles. The molecule has 1 radical (unpaired) electrons. The summed E-state index contributed by atoms with van der Waals surface area (Å²) in [7, 11) is 0. The summed E-state index contributed by atoms with van der Waals surface area (Å²) in [6.07, 6.45) is 17.5. The molecular formula is C10H15. The number of hydrogen-bond acceptors (Lipinski definition) is 0. The van der Waals surface area contributed by atoms with Gasteiger partial charge in [0, 0.05) is 0 Å². The van der Waals surface area contributed by atoms with Gasteiger partial charge in [-0.25, -0.2) is 0 Å². The lowest BCUT2D eigenvalue weighted by Crippen LogP contribution is -1.78. The third kappa shape index (κ3) is 3.49. The first kappa shape index (κ1) is 7.59. The summed E-state index contributed by atoms with van der Waals surface area (Å²) >= 11 is 0. The van der Waals surface area contributed by atoms with Crippen LogP contribution in [0.4, 0.5) is 0 Å². The number of allylic oxidation sites excluding steroid dienone is 4. The Morgan fingerprint density at radius 3 is 2.60 bits per heavy atom. The molecule has 0 aromatic rings. The topological polar surface area (TPSA) is 0 Å². The van der Waals surface area contributed by atoms with Crippen molar-refractivity contribution in [1.29, 1.82) is 0 Å². The molecule has 0 spiro atoms. The van der Waals surface area contributed by atoms with Crippen molar-refractivity contribution in [2.75, 3.05) is 0 Å². The van der Waals surface area contributed by atoms with Crippen LogP contribution in [0.2, 0.25) is 0 Å². The molecule has 0 unspecified atom stereocenters. The van der Waals surface area contributed by atoms with Crippen LogP contribution >= 0.6 is 0 Å². The Morgan fingerprint density at radius 2 is 1.70 bits per heavy atom. The molecule has 0 aliphatic heterocycles. The van der Waals surface area contributed by atoms with Gasteiger partial charge in [-0.1, -0.05) is 31.1 Å². The molecule has 10 heavy (non-hydrogen) atoms. The Morgan fingerprint density at radius 1 is 0.900 bits per heavy atom. The predicted octanol–water partition coefficient (Wildman–Crippen LogP) is 3.26. The Hall–Kier alpha value is -0.520. The fourth-order valence-corrected chi connectivity index (χ4v) is 1.16. The third-order valence-electron chi connectivity index (χ3n) is 1.80. The first-order chi connectivity index (χ1) is 5.00. The Labute approximate surface area is 63.6 Å². The Balaban J connectivity index is 2.26. The van der Waals surface area contributed by atoms with Gasteiger partial charge in [0.15, 0.2) is 0 Å². The largest absolute Gasteiger partial charge is 0.0839 e. The second-order valence-electron chi connectivity index (χ2n) is 2.76. The van der Waals surface area contributed by atoms with Crippen LogP contribution in [0.25, 0.3) is 0 Å². The molecular weight excluding hydrogens is 120 g/mol. The second kappa shape index (κ2) is 5.28. The van der Waals surface area contributed by atoms with E-state index < -0.39 is 0 Å². The van der Waals surface area contributed by atoms with Crippen LogP contribution in [0.3, 0.4) is 0 Å². The molecule has 0 saturated heterocycles. The van der Waals surface area contributed by atoms with Gasteiger partial charge in [-0.05, 0) is 31.8 Å². The van der Waals surface area contributed by atoms with E-state index in [2.05, 4.69) is 18.2 Å². The highest BCUT2D eigenvalue weighted by Gasteiger charge is 1.88. The monoisotopic (exact) mass is 135 g/mol. The summed E-state index contributed by atoms with van der Waals surface area (Å²) in [4.78, 5) is 0. The highest BCUT2D eigenvalue weighted by atomic mass is 13.9. The summed E-state index contributed by atoms with van der Waals surface area (Å²) in [5.74, 6) is 0. The lowest BCUT2D eigenvalue weighted by molar-refractivity contribution is 0.650. The normalized spacial score (nSPS) is 20.8. The highest BCUT2D eigenvalue weighted by Crippen LogP contribution is 2.07. The van der Waals surface area contributed by atoms with Gasteiger partial charge >= 0.3 is 0 Å². The maximum atomic E-state index is 3.15. The standard InChI is InChI=1S/C10H15/c1-2-4-6-8-10-9-7-5-3-1/h1-2,6H,3,5,7-10H2. The van der Waals surface area contributed by atoms with E-state index in [9.17, 15) is 0 Å². The molecule has 0 aromatic carbocycles. The molecule has 0 fully saturated rings. The summed E-state index contributed by atoms with van der Waals surface area (Å²) < 4.78 is 0. The van der Waals surface area contributed by atoms with E-state index in [-0.39, 0.29) is 0 Å². The van der Waals surface area contributed by atoms with Crippen LogP contribution in [-0.2, 0) is 0 Å². The van der Waals surface area contributed by atoms with Crippen molar-refractivity contribution >= 4 is 0 Å². The van der Waals surface area contributed by atoms with Crippen LogP contribution in [0.1, 0.15) is 38.5 Å². The molecule has 1 aliphatic carbocycles. The summed E-state index contributed by atoms with van der Waals surface area (Å²) in [6, 6.07) is 0. The molecule has 0 amide bonds. The smallest absolute Gasteiger partial charge is 0.0230 e. The van der Waals surface area contributed by atoms with E-state index in [0.29, 0.717) is 0 Å². The zero-order valence-electron chi connectivity index (χ0n) is 6.47. The van der Waals surface area contributed by atoms with Crippen molar-refractivity contribution in [2.45, 2.75) is 38.5 Å². The molecule has 0 nitrogen and oxygen atoms in total. The van der Waals surface area contributed by atoms with Crippen molar-refractivity contribution in [3.8, 4) is 0 Å². The van der Waals surface area contributed by atoms with Crippen molar-refractivity contribution < 1.29 is 0 Å². The molecule has 1 aliphatic rings. The minimum absolute atomic E-state index is 1.21. The molecule has 1 rings (SSSR count). The highest BCUT2D eigenvalue weighted by molar-refractivity contribution is 4.95. The average molecular weight is 135 g/mol. The molecule has 0 aromatic heterocycles. The minimum Gasteiger partial charge on any atom is -0.0839 e. The van der Waals surface area contributed by atoms with E-state index in [1.54, 1.807) is 0 Å². The Bertz CT molecular complexity index is 104. The molecule has 0 heteroatoms. The zero-order chi connectivity index (χ0) is 7.07. The van der Waals surface area contributed by atoms with Gasteiger partial charge in [-0.15, -0.1) is 0 Å². The number of hydrogen-bond donors (Lipinski definition) is 0. The van der Waals surface area contributed by atoms with E-state index in [1.165, 1.54) is 38.5 Å². The second-order valence-corrected chi connectivity index (χ2v) is 2.76. The van der Waals surface area contributed by atoms with Gasteiger partial charge in [0.05, 0.1) is 0 Å². The average Bonchev–Trinajstić information content (AvgIpc) is 2.01. The van der Waals surface area contributed by atoms with Crippen molar-refractivity contribution in [3.63, 3.8) is 0 Å². The predicted molar refractivity (Wildman–Crippen MR) is 44.7 cm³/mol. The lowest BCUT2D eigenvalue weighted by atomic mass is 10.1. The van der Waals surface area contributed by atoms with E-state index in [4.69, 9.17) is 0 Å². The van der Waals surface area contributed by atoms with Crippen molar-refractivity contribution in [3.05, 3.63) is 24.3 Å². The van der Waals surface area contributed by atoms with Crippen LogP contribution < -0.4 is 0 Å². The first-order valence-corrected chi connectivity index (χ1v) is 4.23. The first-order valence-electron chi connectivity index (χ1n) is 4.23. The SMILES string of the molecule is [C]1=CCCCCCCC=C1. The van der Waals surface area contributed by atoms with Gasteiger partial charge in [-0.3, -0.25) is 0 Å².